The van der Waals surface area contributed by atoms with Gasteiger partial charge in [-0.2, -0.15) is 8.78 Å². The number of amides is 1. The van der Waals surface area contributed by atoms with Crippen LogP contribution in [-0.4, -0.2) is 35.9 Å². The maximum absolute atomic E-state index is 12.5. The molecule has 1 saturated heterocycles. The Hall–Kier alpha value is -1.36. The zero-order valence-corrected chi connectivity index (χ0v) is 12.4. The van der Waals surface area contributed by atoms with Gasteiger partial charge in [-0.25, -0.2) is 0 Å². The predicted molar refractivity (Wildman–Crippen MR) is 77.1 cm³/mol. The van der Waals surface area contributed by atoms with Crippen molar-refractivity contribution in [3.63, 3.8) is 0 Å². The van der Waals surface area contributed by atoms with Gasteiger partial charge in [-0.05, 0) is 49.9 Å². The average molecular weight is 318 g/mol. The molecule has 1 atom stereocenters. The molecular weight excluding hydrogens is 300 g/mol. The Morgan fingerprint density at radius 2 is 2.05 bits per heavy atom. The van der Waals surface area contributed by atoms with E-state index in [9.17, 15) is 13.6 Å². The van der Waals surface area contributed by atoms with E-state index in [2.05, 4.69) is 4.74 Å². The highest BCUT2D eigenvalue weighted by Gasteiger charge is 2.26. The number of likely N-dealkylation sites (tertiary alicyclic amines) is 1. The molecule has 0 aliphatic carbocycles. The van der Waals surface area contributed by atoms with Crippen LogP contribution in [0.5, 0.6) is 5.75 Å². The summed E-state index contributed by atoms with van der Waals surface area (Å²) in [6.07, 6.45) is 3.83. The lowest BCUT2D eigenvalue weighted by Gasteiger charge is -2.35. The first-order chi connectivity index (χ1) is 10.1. The van der Waals surface area contributed by atoms with Gasteiger partial charge in [0.15, 0.2) is 0 Å². The van der Waals surface area contributed by atoms with Crippen molar-refractivity contribution >= 4 is 17.5 Å². The number of rotatable bonds is 5. The summed E-state index contributed by atoms with van der Waals surface area (Å²) >= 11 is 5.79. The van der Waals surface area contributed by atoms with Crippen LogP contribution in [0.3, 0.4) is 0 Å². The molecule has 116 valence electrons. The third-order valence-corrected chi connectivity index (χ3v) is 3.87. The highest BCUT2D eigenvalue weighted by atomic mass is 35.5. The molecule has 21 heavy (non-hydrogen) atoms. The highest BCUT2D eigenvalue weighted by Crippen LogP contribution is 2.23. The molecule has 1 heterocycles. The lowest BCUT2D eigenvalue weighted by molar-refractivity contribution is -0.0498. The second-order valence-corrected chi connectivity index (χ2v) is 5.41. The lowest BCUT2D eigenvalue weighted by atomic mass is 9.99. The van der Waals surface area contributed by atoms with Gasteiger partial charge in [0.2, 0.25) is 0 Å². The first-order valence-corrected chi connectivity index (χ1v) is 7.57. The molecule has 1 amide bonds. The number of nitrogens with zero attached hydrogens (tertiary/aromatic N) is 1. The zero-order valence-electron chi connectivity index (χ0n) is 11.6. The van der Waals surface area contributed by atoms with Gasteiger partial charge in [0.05, 0.1) is 0 Å². The summed E-state index contributed by atoms with van der Waals surface area (Å²) in [4.78, 5) is 14.4. The number of hydrogen-bond acceptors (Lipinski definition) is 2. The molecule has 0 radical (unpaired) electrons. The van der Waals surface area contributed by atoms with Gasteiger partial charge in [0.25, 0.3) is 5.91 Å². The summed E-state index contributed by atoms with van der Waals surface area (Å²) in [5.74, 6) is 0.501. The first kappa shape index (κ1) is 16.0. The fourth-order valence-corrected chi connectivity index (χ4v) is 2.89. The molecule has 1 aliphatic heterocycles. The lowest BCUT2D eigenvalue weighted by Crippen LogP contribution is -2.43. The second-order valence-electron chi connectivity index (χ2n) is 5.03. The Labute approximate surface area is 127 Å². The minimum atomic E-state index is -2.86. The van der Waals surface area contributed by atoms with Crippen LogP contribution in [0.2, 0.25) is 0 Å². The van der Waals surface area contributed by atoms with Gasteiger partial charge < -0.3 is 9.64 Å². The van der Waals surface area contributed by atoms with E-state index >= 15 is 0 Å². The molecule has 1 fully saturated rings. The van der Waals surface area contributed by atoms with E-state index in [1.807, 2.05) is 4.90 Å². The van der Waals surface area contributed by atoms with Gasteiger partial charge in [-0.15, -0.1) is 11.6 Å². The number of alkyl halides is 3. The third kappa shape index (κ3) is 4.30. The van der Waals surface area contributed by atoms with Crippen LogP contribution in [0.4, 0.5) is 8.78 Å². The minimum Gasteiger partial charge on any atom is -0.435 e. The van der Waals surface area contributed by atoms with Gasteiger partial charge in [0.1, 0.15) is 5.75 Å². The van der Waals surface area contributed by atoms with E-state index in [0.717, 1.165) is 32.2 Å². The van der Waals surface area contributed by atoms with E-state index < -0.39 is 6.61 Å². The number of ether oxygens (including phenoxy) is 1. The van der Waals surface area contributed by atoms with Crippen molar-refractivity contribution in [2.75, 3.05) is 12.4 Å². The van der Waals surface area contributed by atoms with Crippen LogP contribution in [0.15, 0.2) is 24.3 Å². The smallest absolute Gasteiger partial charge is 0.387 e. The Bertz CT molecular complexity index is 465. The molecule has 0 N–H and O–H groups in total. The van der Waals surface area contributed by atoms with Crippen LogP contribution < -0.4 is 4.74 Å². The molecule has 0 saturated carbocycles. The van der Waals surface area contributed by atoms with Crippen molar-refractivity contribution in [1.29, 1.82) is 0 Å². The molecule has 3 nitrogen and oxygen atoms in total. The van der Waals surface area contributed by atoms with E-state index in [1.165, 1.54) is 24.3 Å². The normalized spacial score (nSPS) is 18.9. The van der Waals surface area contributed by atoms with Gasteiger partial charge in [-0.1, -0.05) is 0 Å². The van der Waals surface area contributed by atoms with Gasteiger partial charge in [-0.3, -0.25) is 4.79 Å². The number of benzene rings is 1. The van der Waals surface area contributed by atoms with E-state index in [-0.39, 0.29) is 17.7 Å². The molecule has 0 spiro atoms. The predicted octanol–water partition coefficient (Wildman–Crippen LogP) is 3.91. The molecule has 2 rings (SSSR count). The Kier molecular flexibility index (Phi) is 5.79. The molecule has 6 heteroatoms. The summed E-state index contributed by atoms with van der Waals surface area (Å²) < 4.78 is 28.5. The minimum absolute atomic E-state index is 0.0532. The van der Waals surface area contributed by atoms with Gasteiger partial charge >= 0.3 is 6.61 Å². The van der Waals surface area contributed by atoms with Crippen LogP contribution >= 0.6 is 11.6 Å². The highest BCUT2D eigenvalue weighted by molar-refractivity contribution is 6.17. The molecule has 1 aliphatic rings. The van der Waals surface area contributed by atoms with Crippen molar-refractivity contribution in [3.05, 3.63) is 29.8 Å². The summed E-state index contributed by atoms with van der Waals surface area (Å²) in [5, 5.41) is 0. The average Bonchev–Trinajstić information content (AvgIpc) is 2.48. The number of carbonyl (C=O) groups excluding carboxylic acids is 1. The van der Waals surface area contributed by atoms with Gasteiger partial charge in [0, 0.05) is 24.0 Å². The van der Waals surface area contributed by atoms with Crippen molar-refractivity contribution in [3.8, 4) is 5.75 Å². The number of carbonyl (C=O) groups is 1. The van der Waals surface area contributed by atoms with E-state index in [4.69, 9.17) is 11.6 Å². The van der Waals surface area contributed by atoms with E-state index in [0.29, 0.717) is 11.4 Å². The standard InChI is InChI=1S/C15H18ClF2NO2/c16-9-8-12-3-1-2-10-19(12)14(20)11-4-6-13(7-5-11)21-15(17)18/h4-7,12,15H,1-3,8-10H2. The van der Waals surface area contributed by atoms with Crippen LogP contribution in [0.25, 0.3) is 0 Å². The molecule has 0 bridgehead atoms. The third-order valence-electron chi connectivity index (χ3n) is 3.66. The van der Waals surface area contributed by atoms with Crippen molar-refractivity contribution < 1.29 is 18.3 Å². The molecular formula is C15H18ClF2NO2. The van der Waals surface area contributed by atoms with E-state index in [1.54, 1.807) is 0 Å². The summed E-state index contributed by atoms with van der Waals surface area (Å²) in [6.45, 7) is -2.14. The summed E-state index contributed by atoms with van der Waals surface area (Å²) in [7, 11) is 0. The quantitative estimate of drug-likeness (QED) is 0.771. The largest absolute Gasteiger partial charge is 0.435 e. The monoisotopic (exact) mass is 317 g/mol. The van der Waals surface area contributed by atoms with Crippen LogP contribution in [0.1, 0.15) is 36.0 Å². The SMILES string of the molecule is O=C(c1ccc(OC(F)F)cc1)N1CCCCC1CCCl. The Morgan fingerprint density at radius 1 is 1.33 bits per heavy atom. The maximum atomic E-state index is 12.5. The Morgan fingerprint density at radius 3 is 2.67 bits per heavy atom. The molecule has 1 unspecified atom stereocenters. The van der Waals surface area contributed by atoms with Crippen molar-refractivity contribution in [1.82, 2.24) is 4.90 Å². The number of halogens is 3. The van der Waals surface area contributed by atoms with Crippen molar-refractivity contribution in [2.24, 2.45) is 0 Å². The maximum Gasteiger partial charge on any atom is 0.387 e. The van der Waals surface area contributed by atoms with Crippen LogP contribution in [0, 0.1) is 0 Å². The fourth-order valence-electron chi connectivity index (χ4n) is 2.64. The molecule has 0 aromatic heterocycles. The number of piperidine rings is 1. The zero-order chi connectivity index (χ0) is 15.2. The first-order valence-electron chi connectivity index (χ1n) is 7.03. The van der Waals surface area contributed by atoms with Crippen LogP contribution in [-0.2, 0) is 0 Å². The topological polar surface area (TPSA) is 29.5 Å². The summed E-state index contributed by atoms with van der Waals surface area (Å²) in [5.41, 5.74) is 0.484. The second kappa shape index (κ2) is 7.59. The molecule has 1 aromatic rings. The van der Waals surface area contributed by atoms with Crippen molar-refractivity contribution in [2.45, 2.75) is 38.3 Å². The summed E-state index contributed by atoms with van der Waals surface area (Å²) in [6, 6.07) is 5.99. The Balaban J connectivity index is 2.07. The number of hydrogen-bond donors (Lipinski definition) is 0. The fraction of sp³-hybridized carbons (Fsp3) is 0.533. The molecule has 1 aromatic carbocycles.